The number of carbonyl (C=O) groups is 3. The number of hydrogen-bond acceptors (Lipinski definition) is 7. The van der Waals surface area contributed by atoms with E-state index in [0.717, 1.165) is 22.9 Å². The predicted molar refractivity (Wildman–Crippen MR) is 172 cm³/mol. The highest BCUT2D eigenvalue weighted by Gasteiger charge is 2.26. The molecule has 1 atom stereocenters. The van der Waals surface area contributed by atoms with Crippen LogP contribution in [0.2, 0.25) is 0 Å². The number of rotatable bonds is 8. The van der Waals surface area contributed by atoms with Crippen LogP contribution in [0.4, 0.5) is 5.82 Å². The van der Waals surface area contributed by atoms with E-state index in [2.05, 4.69) is 15.4 Å². The van der Waals surface area contributed by atoms with Crippen molar-refractivity contribution >= 4 is 34.3 Å². The van der Waals surface area contributed by atoms with Gasteiger partial charge in [0.25, 0.3) is 11.8 Å². The second-order valence-corrected chi connectivity index (χ2v) is 11.4. The normalized spacial score (nSPS) is 14.6. The fourth-order valence-electron chi connectivity index (χ4n) is 5.65. The Morgan fingerprint density at radius 1 is 1.04 bits per heavy atom. The van der Waals surface area contributed by atoms with E-state index in [1.807, 2.05) is 43.1 Å². The molecule has 0 saturated carbocycles. The maximum Gasteiger partial charge on any atom is 0.257 e. The molecule has 5 aromatic rings. The molecule has 1 aliphatic rings. The molecule has 2 amide bonds. The van der Waals surface area contributed by atoms with Crippen molar-refractivity contribution in [2.75, 3.05) is 40.0 Å². The number of aryl methyl sites for hydroxylation is 1. The van der Waals surface area contributed by atoms with Gasteiger partial charge in [0, 0.05) is 49.7 Å². The van der Waals surface area contributed by atoms with Crippen LogP contribution in [-0.2, 0) is 0 Å². The van der Waals surface area contributed by atoms with Gasteiger partial charge in [0.05, 0.1) is 28.7 Å². The number of anilines is 1. The van der Waals surface area contributed by atoms with E-state index in [4.69, 9.17) is 10.5 Å². The molecule has 0 aliphatic carbocycles. The molecule has 3 aromatic carbocycles. The number of amides is 2. The zero-order chi connectivity index (χ0) is 31.8. The number of likely N-dealkylation sites (tertiary alicyclic amines) is 1. The molecule has 11 heteroatoms. The highest BCUT2D eigenvalue weighted by atomic mass is 16.5. The lowest BCUT2D eigenvalue weighted by Crippen LogP contribution is -2.33. The number of nitrogen functional groups attached to an aromatic ring is 1. The smallest absolute Gasteiger partial charge is 0.257 e. The lowest BCUT2D eigenvalue weighted by molar-refractivity contribution is 0.0788. The first-order valence-electron chi connectivity index (χ1n) is 14.7. The molecule has 1 fully saturated rings. The second kappa shape index (κ2) is 11.9. The fraction of sp³-hybridized carbons (Fsp3) is 0.235. The first kappa shape index (κ1) is 29.6. The molecule has 0 bridgehead atoms. The summed E-state index contributed by atoms with van der Waals surface area (Å²) in [4.78, 5) is 45.7. The molecule has 3 heterocycles. The van der Waals surface area contributed by atoms with E-state index in [1.54, 1.807) is 56.6 Å². The number of fused-ring (bicyclic) bond motifs is 1. The van der Waals surface area contributed by atoms with Gasteiger partial charge < -0.3 is 30.6 Å². The average Bonchev–Trinajstić information content (AvgIpc) is 3.78. The predicted octanol–water partition coefficient (Wildman–Crippen LogP) is 4.40. The molecule has 4 N–H and O–H groups in total. The number of carbonyl (C=O) groups excluding carboxylic acids is 3. The van der Waals surface area contributed by atoms with Crippen molar-refractivity contribution in [1.29, 1.82) is 0 Å². The summed E-state index contributed by atoms with van der Waals surface area (Å²) in [6.45, 7) is 3.28. The first-order chi connectivity index (χ1) is 21.6. The van der Waals surface area contributed by atoms with E-state index in [9.17, 15) is 14.4 Å². The molecule has 1 aliphatic heterocycles. The number of benzene rings is 3. The molecule has 1 saturated heterocycles. The Kier molecular flexibility index (Phi) is 7.86. The number of H-pyrrole nitrogens is 1. The fourth-order valence-corrected chi connectivity index (χ4v) is 5.65. The highest BCUT2D eigenvalue weighted by molar-refractivity contribution is 6.13. The molecule has 230 valence electrons. The first-order valence-corrected chi connectivity index (χ1v) is 14.7. The van der Waals surface area contributed by atoms with Gasteiger partial charge in [-0.15, -0.1) is 0 Å². The van der Waals surface area contributed by atoms with Crippen molar-refractivity contribution in [3.8, 4) is 17.2 Å². The summed E-state index contributed by atoms with van der Waals surface area (Å²) in [6, 6.07) is 19.9. The Morgan fingerprint density at radius 2 is 1.84 bits per heavy atom. The largest absolute Gasteiger partial charge is 0.457 e. The number of nitrogens with two attached hydrogens (primary N) is 1. The molecule has 0 radical (unpaired) electrons. The zero-order valence-electron chi connectivity index (χ0n) is 25.6. The van der Waals surface area contributed by atoms with Gasteiger partial charge in [0.2, 0.25) is 5.78 Å². The van der Waals surface area contributed by atoms with E-state index < -0.39 is 0 Å². The summed E-state index contributed by atoms with van der Waals surface area (Å²) >= 11 is 0. The third-order valence-electron chi connectivity index (χ3n) is 8.20. The Bertz CT molecular complexity index is 1940. The van der Waals surface area contributed by atoms with Crippen molar-refractivity contribution in [3.63, 3.8) is 0 Å². The number of ether oxygens (including phenoxy) is 1. The minimum Gasteiger partial charge on any atom is -0.457 e. The Labute approximate surface area is 260 Å². The van der Waals surface area contributed by atoms with Gasteiger partial charge in [-0.05, 0) is 80.6 Å². The van der Waals surface area contributed by atoms with Crippen molar-refractivity contribution in [3.05, 3.63) is 101 Å². The van der Waals surface area contributed by atoms with E-state index in [0.29, 0.717) is 53.1 Å². The van der Waals surface area contributed by atoms with Gasteiger partial charge in [0.1, 0.15) is 17.3 Å². The maximum absolute atomic E-state index is 13.6. The zero-order valence-corrected chi connectivity index (χ0v) is 25.6. The second-order valence-electron chi connectivity index (χ2n) is 11.4. The van der Waals surface area contributed by atoms with Gasteiger partial charge in [0.15, 0.2) is 0 Å². The third kappa shape index (κ3) is 5.65. The van der Waals surface area contributed by atoms with Gasteiger partial charge in [-0.25, -0.2) is 4.68 Å². The summed E-state index contributed by atoms with van der Waals surface area (Å²) < 4.78 is 7.60. The third-order valence-corrected chi connectivity index (χ3v) is 8.20. The lowest BCUT2D eigenvalue weighted by Gasteiger charge is -2.16. The van der Waals surface area contributed by atoms with Gasteiger partial charge in [-0.2, -0.15) is 5.10 Å². The van der Waals surface area contributed by atoms with Gasteiger partial charge in [-0.3, -0.25) is 14.4 Å². The number of nitrogens with one attached hydrogen (secondary N) is 2. The minimum absolute atomic E-state index is 0.0210. The molecule has 0 spiro atoms. The minimum atomic E-state index is -0.306. The van der Waals surface area contributed by atoms with Crippen molar-refractivity contribution in [2.24, 2.45) is 0 Å². The number of para-hydroxylation sites is 1. The van der Waals surface area contributed by atoms with E-state index >= 15 is 0 Å². The van der Waals surface area contributed by atoms with Crippen molar-refractivity contribution in [2.45, 2.75) is 19.4 Å². The highest BCUT2D eigenvalue weighted by Crippen LogP contribution is 2.30. The molecule has 6 rings (SSSR count). The van der Waals surface area contributed by atoms with E-state index in [1.165, 1.54) is 15.8 Å². The molecular weight excluding hydrogens is 570 g/mol. The van der Waals surface area contributed by atoms with Crippen LogP contribution in [-0.4, -0.2) is 82.4 Å². The van der Waals surface area contributed by atoms with Crippen LogP contribution >= 0.6 is 0 Å². The summed E-state index contributed by atoms with van der Waals surface area (Å²) in [7, 11) is 5.29. The summed E-state index contributed by atoms with van der Waals surface area (Å²) in [5.74, 6) is 0.699. The number of nitrogens with zero attached hydrogens (tertiary/aromatic N) is 4. The number of aromatic nitrogens is 3. The average molecular weight is 606 g/mol. The van der Waals surface area contributed by atoms with Crippen LogP contribution in [0.3, 0.4) is 0 Å². The molecule has 2 aromatic heterocycles. The van der Waals surface area contributed by atoms with Crippen LogP contribution in [0.1, 0.15) is 48.8 Å². The van der Waals surface area contributed by atoms with Crippen LogP contribution in [0.25, 0.3) is 16.6 Å². The Morgan fingerprint density at radius 3 is 2.58 bits per heavy atom. The number of hydrogen-bond donors (Lipinski definition) is 3. The maximum atomic E-state index is 13.6. The van der Waals surface area contributed by atoms with Crippen LogP contribution in [0.15, 0.2) is 72.9 Å². The summed E-state index contributed by atoms with van der Waals surface area (Å²) in [5, 5.41) is 8.42. The van der Waals surface area contributed by atoms with Gasteiger partial charge in [-0.1, -0.05) is 12.1 Å². The molecule has 11 nitrogen and oxygen atoms in total. The van der Waals surface area contributed by atoms with Crippen LogP contribution in [0, 0.1) is 6.92 Å². The van der Waals surface area contributed by atoms with Crippen LogP contribution in [0.5, 0.6) is 11.5 Å². The molecular formula is C34H35N7O4. The monoisotopic (exact) mass is 605 g/mol. The van der Waals surface area contributed by atoms with Gasteiger partial charge >= 0.3 is 0 Å². The van der Waals surface area contributed by atoms with Crippen molar-refractivity contribution in [1.82, 2.24) is 29.9 Å². The van der Waals surface area contributed by atoms with Crippen LogP contribution < -0.4 is 15.8 Å². The number of ketones is 1. The van der Waals surface area contributed by atoms with E-state index in [-0.39, 0.29) is 29.0 Å². The summed E-state index contributed by atoms with van der Waals surface area (Å²) in [5.41, 5.74) is 10.3. The molecule has 1 unspecified atom stereocenters. The quantitative estimate of drug-likeness (QED) is 0.223. The number of likely N-dealkylation sites (N-methyl/N-ethyl adjacent to an activating group) is 1. The Balaban J connectivity index is 1.22. The van der Waals surface area contributed by atoms with Crippen molar-refractivity contribution < 1.29 is 19.1 Å². The topological polar surface area (TPSA) is 139 Å². The lowest BCUT2D eigenvalue weighted by atomic mass is 10.1. The SMILES string of the molecule is CNC1CCN(C(=O)c2ccc3[nH]c(C(=O)c4cnn(-c5ccc(Oc6ccccc6C(=O)N(C)C)cc5C)c4N)cc3c2)C1. The standard InChI is InChI=1S/C34H35N7O4/c1-20-15-24(45-30-8-6-5-7-25(30)34(44)39(3)4)10-12-29(20)41-32(35)26(18-37-41)31(42)28-17-22-16-21(9-11-27(22)38-28)33(43)40-14-13-23(19-40)36-2/h5-12,15-18,23,36,38H,13-14,19,35H2,1-4H3. The number of aromatic amines is 1. The Hall–Kier alpha value is -5.42. The molecule has 45 heavy (non-hydrogen) atoms. The summed E-state index contributed by atoms with van der Waals surface area (Å²) in [6.07, 6.45) is 2.38.